The van der Waals surface area contributed by atoms with Gasteiger partial charge in [0.1, 0.15) is 5.78 Å². The fourth-order valence-electron chi connectivity index (χ4n) is 3.10. The predicted octanol–water partition coefficient (Wildman–Crippen LogP) is 3.58. The molecule has 0 heterocycles. The molecule has 5 nitrogen and oxygen atoms in total. The average molecular weight is 376 g/mol. The van der Waals surface area contributed by atoms with E-state index >= 15 is 0 Å². The van der Waals surface area contributed by atoms with E-state index in [1.807, 2.05) is 12.2 Å². The molecule has 1 rings (SSSR count). The molecule has 1 aliphatic rings. The topological polar surface area (TPSA) is 94.8 Å². The molecule has 0 aliphatic heterocycles. The van der Waals surface area contributed by atoms with Crippen molar-refractivity contribution in [2.75, 3.05) is 0 Å². The van der Waals surface area contributed by atoms with Gasteiger partial charge in [-0.2, -0.15) is 0 Å². The quantitative estimate of drug-likeness (QED) is 0.453. The number of aliphatic carboxylic acids is 1. The van der Waals surface area contributed by atoms with Crippen molar-refractivity contribution < 1.29 is 24.9 Å². The van der Waals surface area contributed by atoms with Crippen LogP contribution < -0.4 is 0 Å². The Kier molecular flexibility index (Phi) is 11.3. The number of carbonyl (C=O) groups excluding carboxylic acids is 1. The first kappa shape index (κ1) is 23.1. The van der Waals surface area contributed by atoms with Crippen LogP contribution in [-0.4, -0.2) is 39.3 Å². The molecule has 1 saturated carbocycles. The lowest BCUT2D eigenvalue weighted by Crippen LogP contribution is -2.19. The van der Waals surface area contributed by atoms with Crippen LogP contribution in [0.3, 0.4) is 0 Å². The van der Waals surface area contributed by atoms with Crippen LogP contribution in [0.1, 0.15) is 51.9 Å². The van der Waals surface area contributed by atoms with E-state index in [2.05, 4.69) is 31.2 Å². The molecule has 0 radical (unpaired) electrons. The zero-order valence-electron chi connectivity index (χ0n) is 16.0. The van der Waals surface area contributed by atoms with Crippen molar-refractivity contribution in [1.29, 1.82) is 0 Å². The van der Waals surface area contributed by atoms with Crippen LogP contribution in [0.2, 0.25) is 0 Å². The Morgan fingerprint density at radius 2 is 1.78 bits per heavy atom. The van der Waals surface area contributed by atoms with E-state index in [4.69, 9.17) is 5.11 Å². The van der Waals surface area contributed by atoms with Crippen LogP contribution in [0.5, 0.6) is 0 Å². The number of ketones is 1. The molecule has 1 fully saturated rings. The summed E-state index contributed by atoms with van der Waals surface area (Å²) in [4.78, 5) is 22.7. The number of hydrogen-bond acceptors (Lipinski definition) is 4. The van der Waals surface area contributed by atoms with Gasteiger partial charge in [-0.15, -0.1) is 0 Å². The maximum Gasteiger partial charge on any atom is 0.303 e. The van der Waals surface area contributed by atoms with Crippen molar-refractivity contribution in [3.63, 3.8) is 0 Å². The summed E-state index contributed by atoms with van der Waals surface area (Å²) in [6.07, 6.45) is 17.4. The molecule has 4 atom stereocenters. The van der Waals surface area contributed by atoms with E-state index in [-0.39, 0.29) is 36.9 Å². The number of aliphatic hydroxyl groups is 2. The van der Waals surface area contributed by atoms with Crippen molar-refractivity contribution in [3.05, 3.63) is 48.6 Å². The van der Waals surface area contributed by atoms with Gasteiger partial charge in [0.15, 0.2) is 0 Å². The maximum absolute atomic E-state index is 12.1. The van der Waals surface area contributed by atoms with E-state index in [1.165, 1.54) is 6.08 Å². The van der Waals surface area contributed by atoms with Crippen molar-refractivity contribution in [2.45, 2.75) is 64.1 Å². The van der Waals surface area contributed by atoms with Crippen LogP contribution in [0.25, 0.3) is 0 Å². The number of allylic oxidation sites excluding steroid dienone is 6. The van der Waals surface area contributed by atoms with Crippen molar-refractivity contribution in [1.82, 2.24) is 0 Å². The maximum atomic E-state index is 12.1. The number of carboxylic acid groups (broad SMARTS) is 1. The monoisotopic (exact) mass is 376 g/mol. The van der Waals surface area contributed by atoms with Gasteiger partial charge >= 0.3 is 5.97 Å². The summed E-state index contributed by atoms with van der Waals surface area (Å²) in [5, 5.41) is 28.6. The normalized spacial score (nSPS) is 24.9. The zero-order valence-corrected chi connectivity index (χ0v) is 16.0. The van der Waals surface area contributed by atoms with E-state index in [9.17, 15) is 19.8 Å². The first-order valence-corrected chi connectivity index (χ1v) is 9.69. The van der Waals surface area contributed by atoms with Gasteiger partial charge in [0.25, 0.3) is 0 Å². The highest BCUT2D eigenvalue weighted by atomic mass is 16.4. The fourth-order valence-corrected chi connectivity index (χ4v) is 3.10. The molecule has 150 valence electrons. The Morgan fingerprint density at radius 3 is 2.41 bits per heavy atom. The average Bonchev–Trinajstić information content (AvgIpc) is 2.89. The second-order valence-electron chi connectivity index (χ2n) is 6.84. The van der Waals surface area contributed by atoms with Gasteiger partial charge < -0.3 is 15.3 Å². The summed E-state index contributed by atoms with van der Waals surface area (Å²) in [5.74, 6) is -1.56. The lowest BCUT2D eigenvalue weighted by molar-refractivity contribution is -0.137. The van der Waals surface area contributed by atoms with E-state index in [0.717, 1.165) is 19.3 Å². The summed E-state index contributed by atoms with van der Waals surface area (Å²) in [6.45, 7) is 2.10. The number of Topliss-reactive ketones (excluding diaryl/α,β-unsaturated/α-hetero) is 1. The molecule has 0 aromatic rings. The Balaban J connectivity index is 2.48. The molecule has 0 spiro atoms. The highest BCUT2D eigenvalue weighted by molar-refractivity contribution is 5.84. The summed E-state index contributed by atoms with van der Waals surface area (Å²) in [6, 6.07) is 0. The minimum atomic E-state index is -0.961. The fraction of sp³-hybridized carbons (Fsp3) is 0.545. The van der Waals surface area contributed by atoms with Crippen LogP contribution in [0.4, 0.5) is 0 Å². The van der Waals surface area contributed by atoms with Crippen LogP contribution in [0, 0.1) is 11.8 Å². The van der Waals surface area contributed by atoms with Gasteiger partial charge in [0.05, 0.1) is 12.2 Å². The first-order chi connectivity index (χ1) is 13.0. The van der Waals surface area contributed by atoms with Crippen LogP contribution in [0.15, 0.2) is 48.6 Å². The minimum absolute atomic E-state index is 0.0297. The Morgan fingerprint density at radius 1 is 1.15 bits per heavy atom. The summed E-state index contributed by atoms with van der Waals surface area (Å²) in [7, 11) is 0. The zero-order chi connectivity index (χ0) is 20.1. The van der Waals surface area contributed by atoms with Crippen LogP contribution in [-0.2, 0) is 9.59 Å². The number of rotatable bonds is 12. The highest BCUT2D eigenvalue weighted by Crippen LogP contribution is 2.33. The predicted molar refractivity (Wildman–Crippen MR) is 106 cm³/mol. The molecule has 5 heteroatoms. The summed E-state index contributed by atoms with van der Waals surface area (Å²) < 4.78 is 0. The lowest BCUT2D eigenvalue weighted by Gasteiger charge is -2.16. The van der Waals surface area contributed by atoms with E-state index in [1.54, 1.807) is 6.08 Å². The SMILES string of the molecule is CCC=CCC=CCC=CCC1C(=O)CC(O)C1C=CC(O)CCC(=O)O. The third kappa shape index (κ3) is 9.50. The standard InChI is InChI=1S/C22H32O5/c1-2-3-4-5-6-7-8-9-10-11-18-19(21(25)16-20(18)24)14-12-17(23)13-15-22(26)27/h3-4,6-7,9-10,12,14,17-19,21,23,25H,2,5,8,11,13,15-16H2,1H3,(H,26,27). The largest absolute Gasteiger partial charge is 0.481 e. The van der Waals surface area contributed by atoms with Gasteiger partial charge in [-0.1, -0.05) is 55.5 Å². The number of carboxylic acids is 1. The number of carbonyl (C=O) groups is 2. The van der Waals surface area contributed by atoms with Gasteiger partial charge in [-0.25, -0.2) is 0 Å². The highest BCUT2D eigenvalue weighted by Gasteiger charge is 2.39. The van der Waals surface area contributed by atoms with Gasteiger partial charge in [0, 0.05) is 24.7 Å². The Bertz CT molecular complexity index is 573. The van der Waals surface area contributed by atoms with Gasteiger partial charge in [-0.05, 0) is 32.1 Å². The number of hydrogen-bond donors (Lipinski definition) is 3. The first-order valence-electron chi connectivity index (χ1n) is 9.69. The second-order valence-corrected chi connectivity index (χ2v) is 6.84. The molecule has 1 aliphatic carbocycles. The van der Waals surface area contributed by atoms with Crippen molar-refractivity contribution in [2.24, 2.45) is 11.8 Å². The third-order valence-electron chi connectivity index (χ3n) is 4.61. The Labute approximate surface area is 161 Å². The molecule has 27 heavy (non-hydrogen) atoms. The molecule has 4 unspecified atom stereocenters. The van der Waals surface area contributed by atoms with Gasteiger partial charge in [-0.3, -0.25) is 9.59 Å². The van der Waals surface area contributed by atoms with Crippen LogP contribution >= 0.6 is 0 Å². The molecule has 3 N–H and O–H groups in total. The van der Waals surface area contributed by atoms with Crippen molar-refractivity contribution >= 4 is 11.8 Å². The summed E-state index contributed by atoms with van der Waals surface area (Å²) in [5.41, 5.74) is 0. The van der Waals surface area contributed by atoms with Crippen molar-refractivity contribution in [3.8, 4) is 0 Å². The molecule has 0 amide bonds. The molecular weight excluding hydrogens is 344 g/mol. The van der Waals surface area contributed by atoms with E-state index in [0.29, 0.717) is 6.42 Å². The number of aliphatic hydroxyl groups excluding tert-OH is 2. The molecule has 0 aromatic heterocycles. The van der Waals surface area contributed by atoms with Gasteiger partial charge in [0.2, 0.25) is 0 Å². The summed E-state index contributed by atoms with van der Waals surface area (Å²) >= 11 is 0. The molecular formula is C22H32O5. The Hall–Kier alpha value is -1.98. The molecule has 0 aromatic carbocycles. The van der Waals surface area contributed by atoms with E-state index < -0.39 is 18.2 Å². The minimum Gasteiger partial charge on any atom is -0.481 e. The second kappa shape index (κ2) is 13.2. The molecule has 0 saturated heterocycles. The lowest BCUT2D eigenvalue weighted by atomic mass is 9.90. The smallest absolute Gasteiger partial charge is 0.303 e. The molecule has 0 bridgehead atoms. The third-order valence-corrected chi connectivity index (χ3v) is 4.61.